The molecule has 0 spiro atoms. The van der Waals surface area contributed by atoms with E-state index in [4.69, 9.17) is 5.11 Å². The van der Waals surface area contributed by atoms with Gasteiger partial charge in [0.2, 0.25) is 5.13 Å². The molecule has 5 nitrogen and oxygen atoms in total. The lowest BCUT2D eigenvalue weighted by Crippen LogP contribution is -2.46. The molecule has 3 rings (SSSR count). The molecule has 1 saturated heterocycles. The Morgan fingerprint density at radius 2 is 1.83 bits per heavy atom. The van der Waals surface area contributed by atoms with Gasteiger partial charge in [0.15, 0.2) is 0 Å². The molecule has 0 aliphatic carbocycles. The highest BCUT2D eigenvalue weighted by atomic mass is 32.1. The first-order valence-electron chi connectivity index (χ1n) is 7.89. The van der Waals surface area contributed by atoms with E-state index in [2.05, 4.69) is 20.0 Å². The first kappa shape index (κ1) is 16.3. The summed E-state index contributed by atoms with van der Waals surface area (Å²) in [5, 5.41) is 19.4. The number of aliphatic hydroxyl groups excluding tert-OH is 1. The number of anilines is 1. The van der Waals surface area contributed by atoms with Crippen LogP contribution in [0, 0.1) is 5.82 Å². The number of aromatic nitrogens is 2. The van der Waals surface area contributed by atoms with Crippen LogP contribution in [0.25, 0.3) is 0 Å². The van der Waals surface area contributed by atoms with Gasteiger partial charge >= 0.3 is 0 Å². The van der Waals surface area contributed by atoms with Crippen LogP contribution in [0.5, 0.6) is 0 Å². The lowest BCUT2D eigenvalue weighted by atomic mass is 10.2. The molecular formula is C16H21FN4OS. The van der Waals surface area contributed by atoms with E-state index in [1.807, 2.05) is 0 Å². The molecule has 2 aromatic rings. The maximum absolute atomic E-state index is 12.9. The highest BCUT2D eigenvalue weighted by Gasteiger charge is 2.19. The molecule has 0 atom stereocenters. The van der Waals surface area contributed by atoms with Crippen molar-refractivity contribution < 1.29 is 9.50 Å². The summed E-state index contributed by atoms with van der Waals surface area (Å²) in [6.45, 7) is 5.08. The third-order valence-electron chi connectivity index (χ3n) is 4.00. The Hall–Kier alpha value is -1.57. The van der Waals surface area contributed by atoms with Crippen LogP contribution in [0.3, 0.4) is 0 Å². The second kappa shape index (κ2) is 7.81. The monoisotopic (exact) mass is 336 g/mol. The zero-order valence-corrected chi connectivity index (χ0v) is 13.8. The number of aliphatic hydroxyl groups is 1. The van der Waals surface area contributed by atoms with Crippen molar-refractivity contribution in [2.45, 2.75) is 12.8 Å². The molecule has 0 saturated carbocycles. The fourth-order valence-electron chi connectivity index (χ4n) is 2.68. The minimum atomic E-state index is -0.217. The summed E-state index contributed by atoms with van der Waals surface area (Å²) >= 11 is 1.61. The topological polar surface area (TPSA) is 52.5 Å². The largest absolute Gasteiger partial charge is 0.396 e. The Labute approximate surface area is 139 Å². The predicted molar refractivity (Wildman–Crippen MR) is 89.5 cm³/mol. The van der Waals surface area contributed by atoms with Gasteiger partial charge in [0.05, 0.1) is 0 Å². The summed E-state index contributed by atoms with van der Waals surface area (Å²) in [5.41, 5.74) is 1.04. The Balaban J connectivity index is 1.54. The van der Waals surface area contributed by atoms with Crippen molar-refractivity contribution in [3.05, 3.63) is 40.7 Å². The van der Waals surface area contributed by atoms with Crippen molar-refractivity contribution >= 4 is 16.5 Å². The SMILES string of the molecule is OCCCN1CCN(c2nnc(Cc3ccc(F)cc3)s2)CC1. The summed E-state index contributed by atoms with van der Waals surface area (Å²) in [5.74, 6) is -0.217. The van der Waals surface area contributed by atoms with Crippen molar-refractivity contribution in [1.29, 1.82) is 0 Å². The summed E-state index contributed by atoms with van der Waals surface area (Å²) < 4.78 is 12.9. The molecule has 0 radical (unpaired) electrons. The van der Waals surface area contributed by atoms with Crippen molar-refractivity contribution in [2.75, 3.05) is 44.2 Å². The number of piperazine rings is 1. The second-order valence-corrected chi connectivity index (χ2v) is 6.73. The van der Waals surface area contributed by atoms with Crippen molar-refractivity contribution in [3.63, 3.8) is 0 Å². The number of hydrogen-bond donors (Lipinski definition) is 1. The smallest absolute Gasteiger partial charge is 0.208 e. The van der Waals surface area contributed by atoms with Crippen LogP contribution >= 0.6 is 11.3 Å². The van der Waals surface area contributed by atoms with E-state index in [1.54, 1.807) is 23.5 Å². The van der Waals surface area contributed by atoms with Crippen LogP contribution in [0.4, 0.5) is 9.52 Å². The minimum Gasteiger partial charge on any atom is -0.396 e. The fourth-order valence-corrected chi connectivity index (χ4v) is 3.60. The molecule has 2 heterocycles. The highest BCUT2D eigenvalue weighted by molar-refractivity contribution is 7.15. The van der Waals surface area contributed by atoms with E-state index in [1.165, 1.54) is 12.1 Å². The van der Waals surface area contributed by atoms with E-state index in [9.17, 15) is 4.39 Å². The Bertz CT molecular complexity index is 611. The van der Waals surface area contributed by atoms with Crippen LogP contribution in [0.2, 0.25) is 0 Å². The molecular weight excluding hydrogens is 315 g/mol. The van der Waals surface area contributed by atoms with Crippen LogP contribution < -0.4 is 4.90 Å². The maximum Gasteiger partial charge on any atom is 0.208 e. The normalized spacial score (nSPS) is 16.0. The quantitative estimate of drug-likeness (QED) is 0.871. The number of hydrogen-bond acceptors (Lipinski definition) is 6. The number of benzene rings is 1. The first-order chi connectivity index (χ1) is 11.2. The van der Waals surface area contributed by atoms with Gasteiger partial charge < -0.3 is 10.0 Å². The molecule has 0 unspecified atom stereocenters. The first-order valence-corrected chi connectivity index (χ1v) is 8.71. The van der Waals surface area contributed by atoms with Crippen LogP contribution in [-0.2, 0) is 6.42 Å². The maximum atomic E-state index is 12.9. The van der Waals surface area contributed by atoms with Gasteiger partial charge in [-0.25, -0.2) is 4.39 Å². The molecule has 1 aliphatic rings. The molecule has 1 aliphatic heterocycles. The summed E-state index contributed by atoms with van der Waals surface area (Å²) in [7, 11) is 0. The summed E-state index contributed by atoms with van der Waals surface area (Å²) in [4.78, 5) is 4.63. The highest BCUT2D eigenvalue weighted by Crippen LogP contribution is 2.23. The average Bonchev–Trinajstić information content (AvgIpc) is 3.04. The molecule has 1 aromatic heterocycles. The molecule has 7 heteroatoms. The lowest BCUT2D eigenvalue weighted by molar-refractivity contribution is 0.216. The molecule has 1 N–H and O–H groups in total. The van der Waals surface area contributed by atoms with E-state index < -0.39 is 0 Å². The van der Waals surface area contributed by atoms with Crippen molar-refractivity contribution in [3.8, 4) is 0 Å². The molecule has 0 bridgehead atoms. The van der Waals surface area contributed by atoms with Crippen LogP contribution in [-0.4, -0.2) is 59.5 Å². The van der Waals surface area contributed by atoms with Crippen LogP contribution in [0.1, 0.15) is 17.0 Å². The Morgan fingerprint density at radius 1 is 1.09 bits per heavy atom. The van der Waals surface area contributed by atoms with Gasteiger partial charge in [0, 0.05) is 45.8 Å². The van der Waals surface area contributed by atoms with Gasteiger partial charge in [-0.2, -0.15) is 0 Å². The number of rotatable bonds is 6. The van der Waals surface area contributed by atoms with Gasteiger partial charge in [-0.15, -0.1) is 10.2 Å². The third-order valence-corrected chi connectivity index (χ3v) is 4.98. The average molecular weight is 336 g/mol. The lowest BCUT2D eigenvalue weighted by Gasteiger charge is -2.34. The van der Waals surface area contributed by atoms with Crippen molar-refractivity contribution in [2.24, 2.45) is 0 Å². The second-order valence-electron chi connectivity index (χ2n) is 5.69. The standard InChI is InChI=1S/C16H21FN4OS/c17-14-4-2-13(3-5-14)12-15-18-19-16(23-15)21-9-7-20(8-10-21)6-1-11-22/h2-5,22H,1,6-12H2. The van der Waals surface area contributed by atoms with E-state index in [0.717, 1.165) is 54.8 Å². The molecule has 1 aromatic carbocycles. The predicted octanol–water partition coefficient (Wildman–Crippen LogP) is 1.77. The minimum absolute atomic E-state index is 0.217. The Morgan fingerprint density at radius 3 is 2.52 bits per heavy atom. The van der Waals surface area contributed by atoms with Crippen molar-refractivity contribution in [1.82, 2.24) is 15.1 Å². The van der Waals surface area contributed by atoms with Gasteiger partial charge in [-0.1, -0.05) is 23.5 Å². The molecule has 0 amide bonds. The van der Waals surface area contributed by atoms with Gasteiger partial charge in [-0.3, -0.25) is 4.90 Å². The zero-order valence-electron chi connectivity index (χ0n) is 13.0. The van der Waals surface area contributed by atoms with Gasteiger partial charge in [-0.05, 0) is 24.1 Å². The van der Waals surface area contributed by atoms with E-state index >= 15 is 0 Å². The van der Waals surface area contributed by atoms with E-state index in [0.29, 0.717) is 6.42 Å². The number of nitrogens with zero attached hydrogens (tertiary/aromatic N) is 4. The summed E-state index contributed by atoms with van der Waals surface area (Å²) in [6, 6.07) is 6.53. The fraction of sp³-hybridized carbons (Fsp3) is 0.500. The summed E-state index contributed by atoms with van der Waals surface area (Å²) in [6.07, 6.45) is 1.52. The Kier molecular flexibility index (Phi) is 5.53. The number of halogens is 1. The third kappa shape index (κ3) is 4.46. The molecule has 1 fully saturated rings. The molecule has 124 valence electrons. The molecule has 23 heavy (non-hydrogen) atoms. The van der Waals surface area contributed by atoms with E-state index in [-0.39, 0.29) is 12.4 Å². The van der Waals surface area contributed by atoms with Gasteiger partial charge in [0.25, 0.3) is 0 Å². The van der Waals surface area contributed by atoms with Crippen LogP contribution in [0.15, 0.2) is 24.3 Å². The van der Waals surface area contributed by atoms with Gasteiger partial charge in [0.1, 0.15) is 10.8 Å². The zero-order chi connectivity index (χ0) is 16.1.